The van der Waals surface area contributed by atoms with Gasteiger partial charge in [-0.2, -0.15) is 0 Å². The monoisotopic (exact) mass is 304 g/mol. The summed E-state index contributed by atoms with van der Waals surface area (Å²) in [4.78, 5) is 29.5. The maximum Gasteiger partial charge on any atom is 0.339 e. The van der Waals surface area contributed by atoms with Crippen LogP contribution in [0.15, 0.2) is 29.6 Å². The number of nitrogens with one attached hydrogen (secondary N) is 1. The average molecular weight is 304 g/mol. The second-order valence-corrected chi connectivity index (χ2v) is 5.60. The van der Waals surface area contributed by atoms with Crippen LogP contribution < -0.4 is 0 Å². The lowest BCUT2D eigenvalue weighted by Crippen LogP contribution is -2.17. The number of carboxylic acid groups (broad SMARTS) is 1. The van der Waals surface area contributed by atoms with Gasteiger partial charge in [0.1, 0.15) is 11.4 Å². The summed E-state index contributed by atoms with van der Waals surface area (Å²) in [5.74, 6) is -1.44. The molecule has 22 heavy (non-hydrogen) atoms. The lowest BCUT2D eigenvalue weighted by Gasteiger charge is -2.23. The molecule has 1 aromatic heterocycles. The summed E-state index contributed by atoms with van der Waals surface area (Å²) >= 11 is 0. The summed E-state index contributed by atoms with van der Waals surface area (Å²) in [5, 5.41) is 9.13. The van der Waals surface area contributed by atoms with E-state index in [1.165, 1.54) is 23.5 Å². The molecule has 2 N–H and O–H groups in total. The number of aromatic amines is 1. The van der Waals surface area contributed by atoms with Gasteiger partial charge < -0.3 is 14.8 Å². The van der Waals surface area contributed by atoms with Gasteiger partial charge in [0.25, 0.3) is 0 Å². The Bertz CT molecular complexity index is 614. The van der Waals surface area contributed by atoms with Crippen molar-refractivity contribution in [2.45, 2.75) is 33.1 Å². The molecule has 1 atom stereocenters. The Hall–Kier alpha value is -2.37. The number of imidazole rings is 1. The van der Waals surface area contributed by atoms with Gasteiger partial charge in [-0.1, -0.05) is 11.1 Å². The van der Waals surface area contributed by atoms with Gasteiger partial charge in [0.2, 0.25) is 0 Å². The van der Waals surface area contributed by atoms with E-state index < -0.39 is 11.9 Å². The molecular weight excluding hydrogens is 284 g/mol. The molecule has 0 aromatic carbocycles. The van der Waals surface area contributed by atoms with E-state index >= 15 is 0 Å². The summed E-state index contributed by atoms with van der Waals surface area (Å²) in [6, 6.07) is 0. The number of aromatic nitrogens is 2. The molecule has 1 heterocycles. The van der Waals surface area contributed by atoms with Gasteiger partial charge in [-0.3, -0.25) is 0 Å². The molecule has 0 saturated carbocycles. The highest BCUT2D eigenvalue weighted by atomic mass is 16.5. The number of esters is 1. The fourth-order valence-corrected chi connectivity index (χ4v) is 2.49. The second kappa shape index (κ2) is 7.06. The van der Waals surface area contributed by atoms with Gasteiger partial charge in [-0.15, -0.1) is 0 Å². The first-order chi connectivity index (χ1) is 10.5. The quantitative estimate of drug-likeness (QED) is 0.495. The average Bonchev–Trinajstić information content (AvgIpc) is 2.99. The van der Waals surface area contributed by atoms with E-state index in [4.69, 9.17) is 9.84 Å². The second-order valence-electron chi connectivity index (χ2n) is 5.60. The van der Waals surface area contributed by atoms with Gasteiger partial charge in [-0.25, -0.2) is 14.6 Å². The van der Waals surface area contributed by atoms with Crippen LogP contribution in [-0.2, 0) is 14.3 Å². The SMILES string of the molecule is CC1=C(C)CC(COC(=O)/C=C(/C(=O)O)c2ncc[nH]2)CC1. The number of hydrogen-bond donors (Lipinski definition) is 2. The van der Waals surface area contributed by atoms with Gasteiger partial charge in [0.15, 0.2) is 0 Å². The minimum Gasteiger partial charge on any atom is -0.478 e. The number of ether oxygens (including phenoxy) is 1. The Morgan fingerprint density at radius 2 is 2.23 bits per heavy atom. The zero-order valence-electron chi connectivity index (χ0n) is 12.8. The standard InChI is InChI=1S/C16H20N2O4/c1-10-3-4-12(7-11(10)2)9-22-14(19)8-13(16(20)21)15-17-5-6-18-15/h5-6,8,12H,3-4,7,9H2,1-2H3,(H,17,18)(H,20,21)/b13-8+. The zero-order valence-corrected chi connectivity index (χ0v) is 12.8. The third kappa shape index (κ3) is 4.07. The van der Waals surface area contributed by atoms with E-state index in [0.29, 0.717) is 12.5 Å². The summed E-state index contributed by atoms with van der Waals surface area (Å²) < 4.78 is 5.20. The minimum absolute atomic E-state index is 0.136. The van der Waals surface area contributed by atoms with Gasteiger partial charge in [0.05, 0.1) is 6.61 Å². The van der Waals surface area contributed by atoms with E-state index in [1.807, 2.05) is 0 Å². The van der Waals surface area contributed by atoms with Gasteiger partial charge in [-0.05, 0) is 39.0 Å². The molecule has 0 bridgehead atoms. The van der Waals surface area contributed by atoms with Crippen LogP contribution in [0.2, 0.25) is 0 Å². The Morgan fingerprint density at radius 3 is 2.82 bits per heavy atom. The molecule has 6 nitrogen and oxygen atoms in total. The molecule has 2 rings (SSSR count). The molecule has 1 aliphatic rings. The summed E-state index contributed by atoms with van der Waals surface area (Å²) in [7, 11) is 0. The Kier molecular flexibility index (Phi) is 5.14. The van der Waals surface area contributed by atoms with Crippen LogP contribution >= 0.6 is 0 Å². The number of carbonyl (C=O) groups excluding carboxylic acids is 1. The Morgan fingerprint density at radius 1 is 1.45 bits per heavy atom. The van der Waals surface area contributed by atoms with E-state index in [-0.39, 0.29) is 11.4 Å². The number of allylic oxidation sites excluding steroid dienone is 2. The minimum atomic E-state index is -1.22. The van der Waals surface area contributed by atoms with E-state index in [1.54, 1.807) is 0 Å². The highest BCUT2D eigenvalue weighted by molar-refractivity contribution is 6.18. The fourth-order valence-electron chi connectivity index (χ4n) is 2.49. The first kappa shape index (κ1) is 16.0. The number of rotatable bonds is 5. The molecule has 0 fully saturated rings. The van der Waals surface area contributed by atoms with E-state index in [2.05, 4.69) is 23.8 Å². The molecule has 1 aliphatic carbocycles. The zero-order chi connectivity index (χ0) is 16.1. The molecule has 0 radical (unpaired) electrons. The summed E-state index contributed by atoms with van der Waals surface area (Å²) in [6.45, 7) is 4.54. The maximum atomic E-state index is 11.8. The lowest BCUT2D eigenvalue weighted by atomic mass is 9.86. The maximum absolute atomic E-state index is 11.8. The van der Waals surface area contributed by atoms with Crippen LogP contribution in [0.25, 0.3) is 5.57 Å². The molecule has 0 saturated heterocycles. The number of carboxylic acids is 1. The van der Waals surface area contributed by atoms with Gasteiger partial charge >= 0.3 is 11.9 Å². The van der Waals surface area contributed by atoms with Crippen molar-refractivity contribution in [3.63, 3.8) is 0 Å². The molecule has 0 aliphatic heterocycles. The van der Waals surface area contributed by atoms with Crippen molar-refractivity contribution >= 4 is 17.5 Å². The molecule has 0 spiro atoms. The predicted molar refractivity (Wildman–Crippen MR) is 80.9 cm³/mol. The van der Waals surface area contributed by atoms with Crippen molar-refractivity contribution in [1.29, 1.82) is 0 Å². The fraction of sp³-hybridized carbons (Fsp3) is 0.438. The first-order valence-corrected chi connectivity index (χ1v) is 7.24. The Balaban J connectivity index is 1.95. The van der Waals surface area contributed by atoms with Crippen LogP contribution in [0.3, 0.4) is 0 Å². The molecule has 0 amide bonds. The number of nitrogens with zero attached hydrogens (tertiary/aromatic N) is 1. The largest absolute Gasteiger partial charge is 0.478 e. The third-order valence-corrected chi connectivity index (χ3v) is 3.96. The molecule has 1 aromatic rings. The van der Waals surface area contributed by atoms with Crippen LogP contribution in [0, 0.1) is 5.92 Å². The highest BCUT2D eigenvalue weighted by Gasteiger charge is 2.19. The van der Waals surface area contributed by atoms with E-state index in [9.17, 15) is 9.59 Å². The van der Waals surface area contributed by atoms with Crippen molar-refractivity contribution in [3.05, 3.63) is 35.4 Å². The molecule has 6 heteroatoms. The first-order valence-electron chi connectivity index (χ1n) is 7.24. The molecule has 1 unspecified atom stereocenters. The summed E-state index contributed by atoms with van der Waals surface area (Å²) in [6.07, 6.45) is 6.83. The smallest absolute Gasteiger partial charge is 0.339 e. The Labute approximate surface area is 128 Å². The van der Waals surface area contributed by atoms with Crippen LogP contribution in [0.5, 0.6) is 0 Å². The van der Waals surface area contributed by atoms with Crippen LogP contribution in [0.4, 0.5) is 0 Å². The number of hydrogen-bond acceptors (Lipinski definition) is 4. The van der Waals surface area contributed by atoms with Crippen LogP contribution in [0.1, 0.15) is 38.9 Å². The van der Waals surface area contributed by atoms with Crippen molar-refractivity contribution in [3.8, 4) is 0 Å². The number of carbonyl (C=O) groups is 2. The summed E-state index contributed by atoms with van der Waals surface area (Å²) in [5.41, 5.74) is 2.56. The van der Waals surface area contributed by atoms with Crippen molar-refractivity contribution in [2.75, 3.05) is 6.61 Å². The van der Waals surface area contributed by atoms with Crippen LogP contribution in [-0.4, -0.2) is 33.6 Å². The topological polar surface area (TPSA) is 92.3 Å². The van der Waals surface area contributed by atoms with Crippen molar-refractivity contribution in [1.82, 2.24) is 9.97 Å². The number of H-pyrrole nitrogens is 1. The highest BCUT2D eigenvalue weighted by Crippen LogP contribution is 2.29. The van der Waals surface area contributed by atoms with Gasteiger partial charge in [0, 0.05) is 18.5 Å². The van der Waals surface area contributed by atoms with Crippen molar-refractivity contribution in [2.24, 2.45) is 5.92 Å². The molecule has 118 valence electrons. The lowest BCUT2D eigenvalue weighted by molar-refractivity contribution is -0.139. The molecular formula is C16H20N2O4. The number of aliphatic carboxylic acids is 1. The normalized spacial score (nSPS) is 19.2. The van der Waals surface area contributed by atoms with Crippen molar-refractivity contribution < 1.29 is 19.4 Å². The van der Waals surface area contributed by atoms with E-state index in [0.717, 1.165) is 25.3 Å². The predicted octanol–water partition coefficient (Wildman–Crippen LogP) is 2.56. The third-order valence-electron chi connectivity index (χ3n) is 3.96.